The first-order valence-corrected chi connectivity index (χ1v) is 18.8. The number of rotatable bonds is 9. The lowest BCUT2D eigenvalue weighted by atomic mass is 10.0. The molecule has 0 aliphatic carbocycles. The molecule has 47 heavy (non-hydrogen) atoms. The first-order valence-electron chi connectivity index (χ1n) is 15.4. The number of amides is 2. The zero-order valence-electron chi connectivity index (χ0n) is 26.7. The Labute approximate surface area is 282 Å². The van der Waals surface area contributed by atoms with Crippen molar-refractivity contribution >= 4 is 74.3 Å². The number of methoxy groups -OCH3 is 1. The van der Waals surface area contributed by atoms with Gasteiger partial charge in [-0.15, -0.1) is 0 Å². The van der Waals surface area contributed by atoms with Crippen molar-refractivity contribution in [1.29, 1.82) is 0 Å². The minimum atomic E-state index is -2.76. The number of nitrogens with zero attached hydrogens (tertiary/aromatic N) is 6. The molecule has 0 unspecified atom stereocenters. The SMILES string of the molecule is CCc1cc(Nc2ncc(Br)c(Nc3ccc4nccnc4c3P(C)(C)=O)n2)c(OC)cc1N1CCC(N2C=CC=CNC2=O)CC1. The van der Waals surface area contributed by atoms with Gasteiger partial charge in [-0.2, -0.15) is 4.98 Å². The van der Waals surface area contributed by atoms with Crippen molar-refractivity contribution in [2.75, 3.05) is 49.1 Å². The largest absolute Gasteiger partial charge is 0.494 e. The predicted octanol–water partition coefficient (Wildman–Crippen LogP) is 6.51. The van der Waals surface area contributed by atoms with Crippen molar-refractivity contribution in [1.82, 2.24) is 30.2 Å². The lowest BCUT2D eigenvalue weighted by molar-refractivity contribution is 0.194. The summed E-state index contributed by atoms with van der Waals surface area (Å²) in [7, 11) is -1.11. The number of piperidine rings is 1. The monoisotopic (exact) mass is 717 g/mol. The number of carbonyl (C=O) groups is 1. The van der Waals surface area contributed by atoms with Gasteiger partial charge < -0.3 is 30.2 Å². The van der Waals surface area contributed by atoms with Crippen LogP contribution in [-0.4, -0.2) is 70.4 Å². The number of nitrogens with one attached hydrogen (secondary N) is 3. The Morgan fingerprint density at radius 3 is 2.60 bits per heavy atom. The van der Waals surface area contributed by atoms with Crippen LogP contribution in [0.4, 0.5) is 33.6 Å². The van der Waals surface area contributed by atoms with Gasteiger partial charge in [0.05, 0.1) is 33.8 Å². The van der Waals surface area contributed by atoms with Gasteiger partial charge in [0.15, 0.2) is 0 Å². The highest BCUT2D eigenvalue weighted by atomic mass is 79.9. The summed E-state index contributed by atoms with van der Waals surface area (Å²) in [6.45, 7) is 7.19. The minimum absolute atomic E-state index is 0.101. The molecule has 0 spiro atoms. The van der Waals surface area contributed by atoms with Gasteiger partial charge >= 0.3 is 6.03 Å². The van der Waals surface area contributed by atoms with E-state index in [1.165, 1.54) is 0 Å². The van der Waals surface area contributed by atoms with Crippen LogP contribution in [0.1, 0.15) is 25.3 Å². The summed E-state index contributed by atoms with van der Waals surface area (Å²) in [5.74, 6) is 1.52. The molecule has 0 saturated carbocycles. The lowest BCUT2D eigenvalue weighted by Gasteiger charge is -2.38. The van der Waals surface area contributed by atoms with E-state index >= 15 is 0 Å². The molecule has 1 fully saturated rings. The van der Waals surface area contributed by atoms with Gasteiger partial charge in [0.2, 0.25) is 5.95 Å². The normalized spacial score (nSPS) is 15.5. The Kier molecular flexibility index (Phi) is 9.47. The molecular weight excluding hydrogens is 681 g/mol. The molecule has 4 heterocycles. The smallest absolute Gasteiger partial charge is 0.325 e. The molecule has 2 aliphatic heterocycles. The Morgan fingerprint density at radius 1 is 1.06 bits per heavy atom. The Balaban J connectivity index is 1.24. The van der Waals surface area contributed by atoms with E-state index in [0.29, 0.717) is 44.0 Å². The third kappa shape index (κ3) is 6.96. The standard InChI is InChI=1S/C33H37BrN9O3P/c1-5-21-18-26(28(46-2)19-27(21)42-16-10-22(11-17-42)43-15-7-6-12-37-33(43)44)40-32-38-20-23(34)31(41-32)39-25-9-8-24-29(36-14-13-35-24)30(25)47(3,4)45/h6-9,12-15,18-20,22H,5,10-11,16-17H2,1-4H3,(H,37,44)(H2,38,39,40,41). The van der Waals surface area contributed by atoms with Gasteiger partial charge in [0, 0.05) is 61.9 Å². The molecule has 3 N–H and O–H groups in total. The molecule has 244 valence electrons. The number of anilines is 5. The Bertz CT molecular complexity index is 1920. The number of aryl methyl sites for hydroxylation is 1. The highest BCUT2D eigenvalue weighted by molar-refractivity contribution is 9.10. The summed E-state index contributed by atoms with van der Waals surface area (Å²) in [5, 5.41) is 10.1. The maximum atomic E-state index is 13.4. The number of benzene rings is 2. The van der Waals surface area contributed by atoms with E-state index in [4.69, 9.17) is 9.72 Å². The minimum Gasteiger partial charge on any atom is -0.494 e. The van der Waals surface area contributed by atoms with Gasteiger partial charge in [-0.25, -0.2) is 9.78 Å². The van der Waals surface area contributed by atoms with E-state index < -0.39 is 7.14 Å². The highest BCUT2D eigenvalue weighted by Gasteiger charge is 2.28. The maximum absolute atomic E-state index is 13.4. The summed E-state index contributed by atoms with van der Waals surface area (Å²) in [5.41, 5.74) is 4.91. The van der Waals surface area contributed by atoms with Crippen LogP contribution in [0.25, 0.3) is 11.0 Å². The van der Waals surface area contributed by atoms with Crippen molar-refractivity contribution in [2.45, 2.75) is 32.2 Å². The van der Waals surface area contributed by atoms with Crippen LogP contribution in [0.2, 0.25) is 0 Å². The fraction of sp³-hybridized carbons (Fsp3) is 0.303. The first-order chi connectivity index (χ1) is 22.7. The number of fused-ring (bicyclic) bond motifs is 1. The van der Waals surface area contributed by atoms with E-state index in [-0.39, 0.29) is 12.1 Å². The van der Waals surface area contributed by atoms with E-state index in [9.17, 15) is 9.36 Å². The number of urea groups is 1. The molecule has 2 amide bonds. The van der Waals surface area contributed by atoms with Gasteiger partial charge in [0.1, 0.15) is 24.2 Å². The molecule has 12 nitrogen and oxygen atoms in total. The molecule has 1 saturated heterocycles. The number of halogens is 1. The number of allylic oxidation sites excluding steroid dienone is 2. The van der Waals surface area contributed by atoms with Crippen LogP contribution in [0, 0.1) is 0 Å². The summed E-state index contributed by atoms with van der Waals surface area (Å²) >= 11 is 3.56. The second-order valence-corrected chi connectivity index (χ2v) is 15.7. The molecule has 6 rings (SSSR count). The van der Waals surface area contributed by atoms with Crippen molar-refractivity contribution in [3.63, 3.8) is 0 Å². The van der Waals surface area contributed by atoms with Crippen LogP contribution in [0.3, 0.4) is 0 Å². The van der Waals surface area contributed by atoms with Gasteiger partial charge in [-0.1, -0.05) is 6.92 Å². The van der Waals surface area contributed by atoms with E-state index in [1.807, 2.05) is 30.5 Å². The fourth-order valence-corrected chi connectivity index (χ4v) is 7.70. The summed E-state index contributed by atoms with van der Waals surface area (Å²) in [4.78, 5) is 34.8. The Morgan fingerprint density at radius 2 is 1.85 bits per heavy atom. The third-order valence-electron chi connectivity index (χ3n) is 8.27. The molecule has 0 radical (unpaired) electrons. The molecule has 0 atom stereocenters. The van der Waals surface area contributed by atoms with Crippen LogP contribution >= 0.6 is 23.1 Å². The number of hydrogen-bond acceptors (Lipinski definition) is 10. The van der Waals surface area contributed by atoms with Crippen molar-refractivity contribution in [2.24, 2.45) is 0 Å². The van der Waals surface area contributed by atoms with Crippen LogP contribution < -0.4 is 30.9 Å². The second-order valence-electron chi connectivity index (χ2n) is 11.7. The topological polar surface area (TPSA) is 138 Å². The van der Waals surface area contributed by atoms with Gasteiger partial charge in [-0.3, -0.25) is 14.9 Å². The third-order valence-corrected chi connectivity index (χ3v) is 10.4. The van der Waals surface area contributed by atoms with Gasteiger partial charge in [0.25, 0.3) is 0 Å². The number of aromatic nitrogens is 4. The highest BCUT2D eigenvalue weighted by Crippen LogP contribution is 2.42. The average molecular weight is 719 g/mol. The van der Waals surface area contributed by atoms with Gasteiger partial charge in [-0.05, 0) is 84.4 Å². The molecule has 2 aromatic carbocycles. The number of carbonyl (C=O) groups excluding carboxylic acids is 1. The van der Waals surface area contributed by atoms with Crippen molar-refractivity contribution in [3.8, 4) is 5.75 Å². The van der Waals surface area contributed by atoms with Crippen molar-refractivity contribution < 1.29 is 14.1 Å². The quantitative estimate of drug-likeness (QED) is 0.164. The van der Waals surface area contributed by atoms with Crippen LogP contribution in [-0.2, 0) is 11.0 Å². The second kappa shape index (κ2) is 13.7. The fourth-order valence-electron chi connectivity index (χ4n) is 6.02. The summed E-state index contributed by atoms with van der Waals surface area (Å²) < 4.78 is 19.9. The Hall–Kier alpha value is -4.48. The zero-order valence-corrected chi connectivity index (χ0v) is 29.2. The van der Waals surface area contributed by atoms with Crippen LogP contribution in [0.15, 0.2) is 71.9 Å². The summed E-state index contributed by atoms with van der Waals surface area (Å²) in [6.07, 6.45) is 14.6. The molecule has 0 bridgehead atoms. The number of hydrogen-bond donors (Lipinski definition) is 3. The number of ether oxygens (including phenoxy) is 1. The zero-order chi connectivity index (χ0) is 33.1. The average Bonchev–Trinajstić information content (AvgIpc) is 3.29. The molecule has 14 heteroatoms. The molecule has 2 aliphatic rings. The van der Waals surface area contributed by atoms with E-state index in [0.717, 1.165) is 49.3 Å². The molecule has 4 aromatic rings. The predicted molar refractivity (Wildman–Crippen MR) is 191 cm³/mol. The van der Waals surface area contributed by atoms with Crippen LogP contribution in [0.5, 0.6) is 5.75 Å². The lowest BCUT2D eigenvalue weighted by Crippen LogP contribution is -2.47. The molecule has 2 aromatic heterocycles. The van der Waals surface area contributed by atoms with E-state index in [1.54, 1.807) is 50.1 Å². The molecular formula is C33H37BrN9O3P. The summed E-state index contributed by atoms with van der Waals surface area (Å²) in [6, 6.07) is 7.87. The van der Waals surface area contributed by atoms with Crippen molar-refractivity contribution in [3.05, 3.63) is 77.4 Å². The van der Waals surface area contributed by atoms with E-state index in [2.05, 4.69) is 70.8 Å². The maximum Gasteiger partial charge on any atom is 0.325 e. The first kappa shape index (κ1) is 32.5.